The Morgan fingerprint density at radius 1 is 0.800 bits per heavy atom. The van der Waals surface area contributed by atoms with Crippen molar-refractivity contribution in [1.29, 1.82) is 0 Å². The van der Waals surface area contributed by atoms with Crippen molar-refractivity contribution in [2.45, 2.75) is 26.2 Å². The topological polar surface area (TPSA) is 29.1 Å². The summed E-state index contributed by atoms with van der Waals surface area (Å²) in [4.78, 5) is 12.4. The molecule has 0 radical (unpaired) electrons. The fourth-order valence-corrected chi connectivity index (χ4v) is 2.78. The number of aryl methyl sites for hydroxylation is 1. The van der Waals surface area contributed by atoms with Gasteiger partial charge in [0.05, 0.1) is 0 Å². The highest BCUT2D eigenvalue weighted by Gasteiger charge is 2.06. The SMILES string of the molecule is CCCCc1ccc(NC(=O)c2ccc(-c3ccccc3)cc2)cc1. The highest BCUT2D eigenvalue weighted by atomic mass is 16.1. The molecule has 126 valence electrons. The molecular weight excluding hydrogens is 306 g/mol. The lowest BCUT2D eigenvalue weighted by Gasteiger charge is -2.08. The van der Waals surface area contributed by atoms with Crippen LogP contribution < -0.4 is 5.32 Å². The van der Waals surface area contributed by atoms with E-state index in [4.69, 9.17) is 0 Å². The number of hydrogen-bond donors (Lipinski definition) is 1. The van der Waals surface area contributed by atoms with Crippen LogP contribution in [-0.4, -0.2) is 5.91 Å². The van der Waals surface area contributed by atoms with Gasteiger partial charge in [0.2, 0.25) is 0 Å². The molecule has 0 spiro atoms. The zero-order valence-corrected chi connectivity index (χ0v) is 14.5. The zero-order chi connectivity index (χ0) is 17.5. The molecule has 0 aliphatic heterocycles. The quantitative estimate of drug-likeness (QED) is 0.595. The monoisotopic (exact) mass is 329 g/mol. The fourth-order valence-electron chi connectivity index (χ4n) is 2.78. The molecule has 0 aliphatic carbocycles. The highest BCUT2D eigenvalue weighted by molar-refractivity contribution is 6.04. The van der Waals surface area contributed by atoms with Crippen molar-refractivity contribution in [3.8, 4) is 11.1 Å². The van der Waals surface area contributed by atoms with Crippen LogP contribution in [0, 0.1) is 0 Å². The molecule has 3 aromatic rings. The van der Waals surface area contributed by atoms with Crippen molar-refractivity contribution in [3.63, 3.8) is 0 Å². The maximum absolute atomic E-state index is 12.4. The van der Waals surface area contributed by atoms with Gasteiger partial charge in [-0.3, -0.25) is 4.79 Å². The second-order valence-corrected chi connectivity index (χ2v) is 6.20. The normalized spacial score (nSPS) is 10.4. The number of rotatable bonds is 6. The first kappa shape index (κ1) is 17.0. The minimum atomic E-state index is -0.0825. The lowest BCUT2D eigenvalue weighted by atomic mass is 10.0. The Labute approximate surface area is 149 Å². The molecule has 0 atom stereocenters. The van der Waals surface area contributed by atoms with Gasteiger partial charge in [-0.1, -0.05) is 67.9 Å². The van der Waals surface area contributed by atoms with Crippen LogP contribution in [0.5, 0.6) is 0 Å². The van der Waals surface area contributed by atoms with Crippen LogP contribution in [0.4, 0.5) is 5.69 Å². The van der Waals surface area contributed by atoms with Crippen LogP contribution in [0.1, 0.15) is 35.7 Å². The van der Waals surface area contributed by atoms with Crippen molar-refractivity contribution in [2.75, 3.05) is 5.32 Å². The third-order valence-corrected chi connectivity index (χ3v) is 4.29. The summed E-state index contributed by atoms with van der Waals surface area (Å²) < 4.78 is 0. The van der Waals surface area contributed by atoms with E-state index in [9.17, 15) is 4.79 Å². The minimum absolute atomic E-state index is 0.0825. The molecule has 2 heteroatoms. The molecule has 0 bridgehead atoms. The van der Waals surface area contributed by atoms with Gasteiger partial charge >= 0.3 is 0 Å². The van der Waals surface area contributed by atoms with Gasteiger partial charge < -0.3 is 5.32 Å². The number of nitrogens with one attached hydrogen (secondary N) is 1. The second kappa shape index (κ2) is 8.29. The Kier molecular flexibility index (Phi) is 5.63. The predicted molar refractivity (Wildman–Crippen MR) is 105 cm³/mol. The van der Waals surface area contributed by atoms with Crippen LogP contribution in [0.25, 0.3) is 11.1 Å². The zero-order valence-electron chi connectivity index (χ0n) is 14.5. The minimum Gasteiger partial charge on any atom is -0.322 e. The van der Waals surface area contributed by atoms with Crippen molar-refractivity contribution in [2.24, 2.45) is 0 Å². The van der Waals surface area contributed by atoms with Crippen molar-refractivity contribution in [3.05, 3.63) is 90.0 Å². The average molecular weight is 329 g/mol. The Hall–Kier alpha value is -2.87. The first-order valence-corrected chi connectivity index (χ1v) is 8.82. The van der Waals surface area contributed by atoms with Gasteiger partial charge in [-0.2, -0.15) is 0 Å². The molecule has 0 unspecified atom stereocenters. The predicted octanol–water partition coefficient (Wildman–Crippen LogP) is 5.95. The number of carbonyl (C=O) groups excluding carboxylic acids is 1. The van der Waals surface area contributed by atoms with E-state index < -0.39 is 0 Å². The maximum atomic E-state index is 12.4. The van der Waals surface area contributed by atoms with Gasteiger partial charge in [-0.25, -0.2) is 0 Å². The van der Waals surface area contributed by atoms with Gasteiger partial charge in [0.25, 0.3) is 5.91 Å². The summed E-state index contributed by atoms with van der Waals surface area (Å²) in [6, 6.07) is 26.0. The third-order valence-electron chi connectivity index (χ3n) is 4.29. The van der Waals surface area contributed by atoms with E-state index in [1.807, 2.05) is 54.6 Å². The largest absolute Gasteiger partial charge is 0.322 e. The molecule has 1 amide bonds. The molecule has 0 saturated heterocycles. The van der Waals surface area contributed by atoms with Crippen LogP contribution >= 0.6 is 0 Å². The Bertz CT molecular complexity index is 805. The van der Waals surface area contributed by atoms with Crippen molar-refractivity contribution >= 4 is 11.6 Å². The van der Waals surface area contributed by atoms with Crippen LogP contribution in [-0.2, 0) is 6.42 Å². The van der Waals surface area contributed by atoms with Gasteiger partial charge in [0, 0.05) is 11.3 Å². The molecule has 0 fully saturated rings. The number of unbranched alkanes of at least 4 members (excludes halogenated alkanes) is 1. The van der Waals surface area contributed by atoms with E-state index in [1.165, 1.54) is 18.4 Å². The number of hydrogen-bond acceptors (Lipinski definition) is 1. The summed E-state index contributed by atoms with van der Waals surface area (Å²) in [5.74, 6) is -0.0825. The first-order chi connectivity index (χ1) is 12.3. The molecule has 3 rings (SSSR count). The van der Waals surface area contributed by atoms with Crippen molar-refractivity contribution in [1.82, 2.24) is 0 Å². The number of anilines is 1. The number of carbonyl (C=O) groups is 1. The number of benzene rings is 3. The fraction of sp³-hybridized carbons (Fsp3) is 0.174. The molecule has 0 saturated carbocycles. The van der Waals surface area contributed by atoms with Gasteiger partial charge in [0.15, 0.2) is 0 Å². The average Bonchev–Trinajstić information content (AvgIpc) is 2.68. The number of amides is 1. The van der Waals surface area contributed by atoms with E-state index in [-0.39, 0.29) is 5.91 Å². The summed E-state index contributed by atoms with van der Waals surface area (Å²) in [6.45, 7) is 2.19. The Balaban J connectivity index is 1.65. The summed E-state index contributed by atoms with van der Waals surface area (Å²) in [5.41, 5.74) is 5.06. The maximum Gasteiger partial charge on any atom is 0.255 e. The van der Waals surface area contributed by atoms with Crippen LogP contribution in [0.2, 0.25) is 0 Å². The van der Waals surface area contributed by atoms with Crippen molar-refractivity contribution < 1.29 is 4.79 Å². The van der Waals surface area contributed by atoms with Crippen LogP contribution in [0.15, 0.2) is 78.9 Å². The second-order valence-electron chi connectivity index (χ2n) is 6.20. The van der Waals surface area contributed by atoms with Gasteiger partial charge in [-0.05, 0) is 53.8 Å². The first-order valence-electron chi connectivity index (χ1n) is 8.82. The summed E-state index contributed by atoms with van der Waals surface area (Å²) in [5, 5.41) is 2.96. The molecular formula is C23H23NO. The summed E-state index contributed by atoms with van der Waals surface area (Å²) in [6.07, 6.45) is 3.47. The lowest BCUT2D eigenvalue weighted by molar-refractivity contribution is 0.102. The standard InChI is InChI=1S/C23H23NO/c1-2-3-7-18-10-16-22(17-11-18)24-23(25)21-14-12-20(13-15-21)19-8-5-4-6-9-19/h4-6,8-17H,2-3,7H2,1H3,(H,24,25). The molecule has 0 aromatic heterocycles. The van der Waals surface area contributed by atoms with Gasteiger partial charge in [-0.15, -0.1) is 0 Å². The summed E-state index contributed by atoms with van der Waals surface area (Å²) in [7, 11) is 0. The Morgan fingerprint density at radius 2 is 1.44 bits per heavy atom. The summed E-state index contributed by atoms with van der Waals surface area (Å²) >= 11 is 0. The Morgan fingerprint density at radius 3 is 2.08 bits per heavy atom. The van der Waals surface area contributed by atoms with E-state index >= 15 is 0 Å². The third kappa shape index (κ3) is 4.57. The molecule has 2 nitrogen and oxygen atoms in total. The molecule has 3 aromatic carbocycles. The highest BCUT2D eigenvalue weighted by Crippen LogP contribution is 2.20. The smallest absolute Gasteiger partial charge is 0.255 e. The van der Waals surface area contributed by atoms with Gasteiger partial charge in [0.1, 0.15) is 0 Å². The van der Waals surface area contributed by atoms with E-state index in [1.54, 1.807) is 0 Å². The lowest BCUT2D eigenvalue weighted by Crippen LogP contribution is -2.11. The van der Waals surface area contributed by atoms with E-state index in [0.29, 0.717) is 5.56 Å². The molecule has 0 heterocycles. The molecule has 0 aliphatic rings. The van der Waals surface area contributed by atoms with E-state index in [2.05, 4.69) is 36.5 Å². The van der Waals surface area contributed by atoms with Crippen LogP contribution in [0.3, 0.4) is 0 Å². The van der Waals surface area contributed by atoms with E-state index in [0.717, 1.165) is 23.2 Å². The molecule has 25 heavy (non-hydrogen) atoms. The molecule has 1 N–H and O–H groups in total.